The predicted molar refractivity (Wildman–Crippen MR) is 75.0 cm³/mol. The lowest BCUT2D eigenvalue weighted by Crippen LogP contribution is -2.59. The molecule has 4 N–H and O–H groups in total. The van der Waals surface area contributed by atoms with Gasteiger partial charge in [0.15, 0.2) is 0 Å². The summed E-state index contributed by atoms with van der Waals surface area (Å²) in [6.07, 6.45) is -0.876. The maximum absolute atomic E-state index is 12.1. The van der Waals surface area contributed by atoms with Crippen molar-refractivity contribution in [3.05, 3.63) is 29.8 Å². The van der Waals surface area contributed by atoms with Gasteiger partial charge in [0.05, 0.1) is 18.1 Å². The molecular formula is C12H20N4O3S. The molecule has 2 rings (SSSR count). The fourth-order valence-electron chi connectivity index (χ4n) is 1.87. The molecule has 8 heteroatoms. The monoisotopic (exact) mass is 300 g/mol. The molecule has 1 fully saturated rings. The van der Waals surface area contributed by atoms with E-state index in [2.05, 4.69) is 10.1 Å². The van der Waals surface area contributed by atoms with E-state index in [1.54, 1.807) is 24.3 Å². The third-order valence-electron chi connectivity index (χ3n) is 2.95. The lowest BCUT2D eigenvalue weighted by Gasteiger charge is -2.30. The van der Waals surface area contributed by atoms with Crippen LogP contribution in [0, 0.1) is 6.92 Å². The molecule has 0 radical (unpaired) electrons. The smallest absolute Gasteiger partial charge is 0.242 e. The molecule has 0 aromatic heterocycles. The largest absolute Gasteiger partial charge is 0.379 e. The van der Waals surface area contributed by atoms with Gasteiger partial charge in [0.1, 0.15) is 6.29 Å². The van der Waals surface area contributed by atoms with Crippen LogP contribution >= 0.6 is 0 Å². The number of hydrazine groups is 1. The molecule has 0 saturated carbocycles. The van der Waals surface area contributed by atoms with Gasteiger partial charge in [-0.2, -0.15) is 4.72 Å². The highest BCUT2D eigenvalue weighted by Gasteiger charge is 2.19. The predicted octanol–water partition coefficient (Wildman–Crippen LogP) is -0.648. The zero-order valence-electron chi connectivity index (χ0n) is 11.4. The van der Waals surface area contributed by atoms with E-state index in [1.807, 2.05) is 11.9 Å². The molecule has 0 spiro atoms. The molecule has 7 nitrogen and oxygen atoms in total. The summed E-state index contributed by atoms with van der Waals surface area (Å²) in [6, 6.07) is 6.60. The summed E-state index contributed by atoms with van der Waals surface area (Å²) in [5, 5.41) is 1.84. The third kappa shape index (κ3) is 4.23. The quantitative estimate of drug-likeness (QED) is 0.626. The highest BCUT2D eigenvalue weighted by Crippen LogP contribution is 2.09. The number of hydrogen-bond acceptors (Lipinski definition) is 6. The van der Waals surface area contributed by atoms with Crippen LogP contribution in [0.2, 0.25) is 0 Å². The Balaban J connectivity index is 1.95. The first-order valence-electron chi connectivity index (χ1n) is 6.41. The van der Waals surface area contributed by atoms with Crippen LogP contribution in [0.1, 0.15) is 5.56 Å². The molecule has 1 unspecified atom stereocenters. The fourth-order valence-corrected chi connectivity index (χ4v) is 2.89. The summed E-state index contributed by atoms with van der Waals surface area (Å²) in [6.45, 7) is 4.43. The maximum atomic E-state index is 12.1. The van der Waals surface area contributed by atoms with Crippen LogP contribution in [0.5, 0.6) is 0 Å². The molecule has 1 saturated heterocycles. The van der Waals surface area contributed by atoms with Gasteiger partial charge >= 0.3 is 0 Å². The van der Waals surface area contributed by atoms with E-state index in [0.29, 0.717) is 26.3 Å². The van der Waals surface area contributed by atoms with Gasteiger partial charge in [-0.25, -0.2) is 18.9 Å². The SMILES string of the molecule is Cc1ccc(S(=O)(=O)NC(N)NN2CCOCC2)cc1. The lowest BCUT2D eigenvalue weighted by atomic mass is 10.2. The van der Waals surface area contributed by atoms with Gasteiger partial charge in [0.25, 0.3) is 0 Å². The number of hydrogen-bond donors (Lipinski definition) is 3. The summed E-state index contributed by atoms with van der Waals surface area (Å²) in [4.78, 5) is 0.197. The number of aryl methyl sites for hydroxylation is 1. The molecule has 1 aliphatic heterocycles. The Labute approximate surface area is 119 Å². The van der Waals surface area contributed by atoms with Crippen LogP contribution in [0.25, 0.3) is 0 Å². The molecule has 112 valence electrons. The number of benzene rings is 1. The van der Waals surface area contributed by atoms with Crippen LogP contribution in [-0.2, 0) is 14.8 Å². The van der Waals surface area contributed by atoms with E-state index >= 15 is 0 Å². The van der Waals surface area contributed by atoms with Gasteiger partial charge in [-0.15, -0.1) is 0 Å². The molecule has 20 heavy (non-hydrogen) atoms. The minimum atomic E-state index is -3.62. The molecule has 1 aromatic rings. The summed E-state index contributed by atoms with van der Waals surface area (Å²) < 4.78 is 31.8. The van der Waals surface area contributed by atoms with Gasteiger partial charge in [0.2, 0.25) is 10.0 Å². The van der Waals surface area contributed by atoms with Gasteiger partial charge in [0, 0.05) is 13.1 Å². The Bertz CT molecular complexity index is 526. The summed E-state index contributed by atoms with van der Waals surface area (Å²) in [5.41, 5.74) is 9.67. The second kappa shape index (κ2) is 6.61. The topological polar surface area (TPSA) is 96.7 Å². The second-order valence-corrected chi connectivity index (χ2v) is 6.35. The van der Waals surface area contributed by atoms with Crippen molar-refractivity contribution >= 4 is 10.0 Å². The first-order valence-corrected chi connectivity index (χ1v) is 7.89. The Hall–Kier alpha value is -1.03. The average molecular weight is 300 g/mol. The Morgan fingerprint density at radius 1 is 1.25 bits per heavy atom. The zero-order valence-corrected chi connectivity index (χ0v) is 12.2. The molecular weight excluding hydrogens is 280 g/mol. The summed E-state index contributed by atoms with van der Waals surface area (Å²) in [7, 11) is -3.62. The molecule has 1 aromatic carbocycles. The van der Waals surface area contributed by atoms with E-state index < -0.39 is 16.3 Å². The second-order valence-electron chi connectivity index (χ2n) is 4.64. The number of nitrogens with two attached hydrogens (primary N) is 1. The molecule has 0 bridgehead atoms. The standard InChI is InChI=1S/C12H20N4O3S/c1-10-2-4-11(5-3-10)20(17,18)15-12(13)14-16-6-8-19-9-7-16/h2-5,12,14-15H,6-9,13H2,1H3. The van der Waals surface area contributed by atoms with Crippen molar-refractivity contribution in [2.24, 2.45) is 5.73 Å². The number of ether oxygens (including phenoxy) is 1. The Kier molecular flexibility index (Phi) is 5.08. The minimum absolute atomic E-state index is 0.197. The van der Waals surface area contributed by atoms with Crippen molar-refractivity contribution in [2.75, 3.05) is 26.3 Å². The van der Waals surface area contributed by atoms with Crippen molar-refractivity contribution in [3.63, 3.8) is 0 Å². The van der Waals surface area contributed by atoms with Crippen LogP contribution in [0.4, 0.5) is 0 Å². The maximum Gasteiger partial charge on any atom is 0.242 e. The van der Waals surface area contributed by atoms with Crippen molar-refractivity contribution in [2.45, 2.75) is 18.1 Å². The normalized spacial score (nSPS) is 18.9. The summed E-state index contributed by atoms with van der Waals surface area (Å²) >= 11 is 0. The van der Waals surface area contributed by atoms with Gasteiger partial charge < -0.3 is 10.5 Å². The Morgan fingerprint density at radius 2 is 1.85 bits per heavy atom. The van der Waals surface area contributed by atoms with E-state index in [0.717, 1.165) is 5.56 Å². The minimum Gasteiger partial charge on any atom is -0.379 e. The zero-order chi connectivity index (χ0) is 14.6. The van der Waals surface area contributed by atoms with Gasteiger partial charge in [-0.3, -0.25) is 0 Å². The first kappa shape index (κ1) is 15.4. The number of morpholine rings is 1. The summed E-state index contributed by atoms with van der Waals surface area (Å²) in [5.74, 6) is 0. The average Bonchev–Trinajstić information content (AvgIpc) is 2.39. The van der Waals surface area contributed by atoms with Crippen LogP contribution in [-0.4, -0.2) is 46.0 Å². The third-order valence-corrected chi connectivity index (χ3v) is 4.40. The number of nitrogens with one attached hydrogen (secondary N) is 2. The molecule has 1 atom stereocenters. The molecule has 1 heterocycles. The van der Waals surface area contributed by atoms with Crippen LogP contribution < -0.4 is 15.9 Å². The van der Waals surface area contributed by atoms with E-state index in [4.69, 9.17) is 10.5 Å². The molecule has 1 aliphatic rings. The number of rotatable bonds is 5. The van der Waals surface area contributed by atoms with Crippen molar-refractivity contribution < 1.29 is 13.2 Å². The van der Waals surface area contributed by atoms with E-state index in [1.165, 1.54) is 0 Å². The van der Waals surface area contributed by atoms with Gasteiger partial charge in [-0.05, 0) is 19.1 Å². The molecule has 0 aliphatic carbocycles. The van der Waals surface area contributed by atoms with E-state index in [9.17, 15) is 8.42 Å². The molecule has 0 amide bonds. The van der Waals surface area contributed by atoms with Gasteiger partial charge in [-0.1, -0.05) is 17.7 Å². The van der Waals surface area contributed by atoms with Crippen molar-refractivity contribution in [1.29, 1.82) is 0 Å². The van der Waals surface area contributed by atoms with Crippen LogP contribution in [0.3, 0.4) is 0 Å². The lowest BCUT2D eigenvalue weighted by molar-refractivity contribution is 0.00318. The number of nitrogens with zero attached hydrogens (tertiary/aromatic N) is 1. The fraction of sp³-hybridized carbons (Fsp3) is 0.500. The highest BCUT2D eigenvalue weighted by molar-refractivity contribution is 7.89. The Morgan fingerprint density at radius 3 is 2.45 bits per heavy atom. The van der Waals surface area contributed by atoms with Crippen LogP contribution in [0.15, 0.2) is 29.2 Å². The first-order chi connectivity index (χ1) is 9.47. The van der Waals surface area contributed by atoms with Crippen molar-refractivity contribution in [1.82, 2.24) is 15.2 Å². The number of sulfonamides is 1. The van der Waals surface area contributed by atoms with E-state index in [-0.39, 0.29) is 4.90 Å². The highest BCUT2D eigenvalue weighted by atomic mass is 32.2. The van der Waals surface area contributed by atoms with Crippen molar-refractivity contribution in [3.8, 4) is 0 Å².